The Labute approximate surface area is 144 Å². The summed E-state index contributed by atoms with van der Waals surface area (Å²) in [6.07, 6.45) is 0. The van der Waals surface area contributed by atoms with Crippen molar-refractivity contribution in [2.45, 2.75) is 0 Å². The minimum atomic E-state index is 0.751. The first-order valence-corrected chi connectivity index (χ1v) is 8.43. The average molecular weight is 326 g/mol. The third kappa shape index (κ3) is 3.01. The molecule has 1 heterocycles. The normalized spacial score (nSPS) is 10.3. The molecule has 0 saturated heterocycles. The smallest absolute Gasteiger partial charge is 0.124 e. The van der Waals surface area contributed by atoms with E-state index in [2.05, 4.69) is 35.0 Å². The Morgan fingerprint density at radius 3 is 2.04 bits per heavy atom. The molecule has 2 nitrogen and oxygen atoms in total. The molecular formula is C21H14N2S. The van der Waals surface area contributed by atoms with E-state index in [4.69, 9.17) is 5.73 Å². The highest BCUT2D eigenvalue weighted by Gasteiger charge is 2.05. The van der Waals surface area contributed by atoms with Crippen LogP contribution in [-0.2, 0) is 0 Å². The highest BCUT2D eigenvalue weighted by molar-refractivity contribution is 7.21. The van der Waals surface area contributed by atoms with E-state index in [1.54, 1.807) is 11.3 Å². The average Bonchev–Trinajstić information content (AvgIpc) is 3.06. The van der Waals surface area contributed by atoms with Crippen molar-refractivity contribution in [1.29, 1.82) is 0 Å². The minimum Gasteiger partial charge on any atom is -0.399 e. The number of nitrogens with two attached hydrogens (primary N) is 1. The van der Waals surface area contributed by atoms with Gasteiger partial charge in [-0.3, -0.25) is 0 Å². The van der Waals surface area contributed by atoms with E-state index >= 15 is 0 Å². The molecule has 0 aliphatic heterocycles. The maximum absolute atomic E-state index is 5.68. The molecule has 0 saturated carbocycles. The van der Waals surface area contributed by atoms with Gasteiger partial charge in [0.25, 0.3) is 0 Å². The zero-order valence-electron chi connectivity index (χ0n) is 12.9. The van der Waals surface area contributed by atoms with Crippen molar-refractivity contribution in [2.24, 2.45) is 0 Å². The molecule has 0 radical (unpaired) electrons. The number of thiazole rings is 1. The minimum absolute atomic E-state index is 0.751. The molecule has 0 bridgehead atoms. The highest BCUT2D eigenvalue weighted by atomic mass is 32.1. The predicted molar refractivity (Wildman–Crippen MR) is 102 cm³/mol. The summed E-state index contributed by atoms with van der Waals surface area (Å²) in [5.41, 5.74) is 10.5. The number of aromatic nitrogens is 1. The molecule has 0 amide bonds. The molecule has 4 aromatic rings. The van der Waals surface area contributed by atoms with E-state index in [9.17, 15) is 0 Å². The SMILES string of the molecule is Nc1ccc(C#Cc2ccc(-c3nc4ccccc4s3)cc2)cc1. The fourth-order valence-corrected chi connectivity index (χ4v) is 3.37. The number of hydrogen-bond acceptors (Lipinski definition) is 3. The summed E-state index contributed by atoms with van der Waals surface area (Å²) in [7, 11) is 0. The van der Waals surface area contributed by atoms with E-state index in [0.717, 1.165) is 32.9 Å². The fourth-order valence-electron chi connectivity index (χ4n) is 2.40. The van der Waals surface area contributed by atoms with Gasteiger partial charge in [-0.15, -0.1) is 11.3 Å². The Morgan fingerprint density at radius 1 is 0.750 bits per heavy atom. The zero-order valence-corrected chi connectivity index (χ0v) is 13.7. The van der Waals surface area contributed by atoms with Gasteiger partial charge in [-0.25, -0.2) is 4.98 Å². The summed E-state index contributed by atoms with van der Waals surface area (Å²) in [5, 5.41) is 1.04. The van der Waals surface area contributed by atoms with Gasteiger partial charge in [0, 0.05) is 22.4 Å². The zero-order chi connectivity index (χ0) is 16.4. The van der Waals surface area contributed by atoms with Crippen LogP contribution in [0.2, 0.25) is 0 Å². The number of nitrogens with zero attached hydrogens (tertiary/aromatic N) is 1. The first-order valence-electron chi connectivity index (χ1n) is 7.61. The standard InChI is InChI=1S/C21H14N2S/c22-18-13-9-16(10-14-18)6-5-15-7-11-17(12-8-15)21-23-19-3-1-2-4-20(19)24-21/h1-4,7-14H,22H2. The molecule has 24 heavy (non-hydrogen) atoms. The Balaban J connectivity index is 1.59. The van der Waals surface area contributed by atoms with Crippen molar-refractivity contribution in [3.05, 3.63) is 83.9 Å². The van der Waals surface area contributed by atoms with Crippen molar-refractivity contribution < 1.29 is 0 Å². The van der Waals surface area contributed by atoms with E-state index in [1.165, 1.54) is 4.70 Å². The quantitative estimate of drug-likeness (QED) is 0.397. The van der Waals surface area contributed by atoms with E-state index in [1.807, 2.05) is 54.6 Å². The first-order chi connectivity index (χ1) is 11.8. The second-order valence-electron chi connectivity index (χ2n) is 5.44. The van der Waals surface area contributed by atoms with E-state index < -0.39 is 0 Å². The molecule has 0 spiro atoms. The lowest BCUT2D eigenvalue weighted by Gasteiger charge is -1.96. The van der Waals surface area contributed by atoms with Crippen LogP contribution in [0.4, 0.5) is 5.69 Å². The Hall–Kier alpha value is -3.09. The maximum Gasteiger partial charge on any atom is 0.124 e. The third-order valence-electron chi connectivity index (χ3n) is 3.69. The highest BCUT2D eigenvalue weighted by Crippen LogP contribution is 2.29. The molecule has 2 N–H and O–H groups in total. The molecule has 3 heteroatoms. The molecule has 114 valence electrons. The van der Waals surface area contributed by atoms with Gasteiger partial charge in [0.1, 0.15) is 5.01 Å². The molecule has 0 atom stereocenters. The second-order valence-corrected chi connectivity index (χ2v) is 6.47. The van der Waals surface area contributed by atoms with Crippen molar-refractivity contribution in [2.75, 3.05) is 5.73 Å². The molecule has 0 fully saturated rings. The third-order valence-corrected chi connectivity index (χ3v) is 4.77. The number of nitrogen functional groups attached to an aromatic ring is 1. The molecular weight excluding hydrogens is 312 g/mol. The van der Waals surface area contributed by atoms with Crippen LogP contribution in [0.25, 0.3) is 20.8 Å². The van der Waals surface area contributed by atoms with Crippen LogP contribution in [0, 0.1) is 11.8 Å². The number of benzene rings is 3. The van der Waals surface area contributed by atoms with Crippen LogP contribution >= 0.6 is 11.3 Å². The van der Waals surface area contributed by atoms with Crippen LogP contribution in [0.1, 0.15) is 11.1 Å². The van der Waals surface area contributed by atoms with Gasteiger partial charge in [-0.2, -0.15) is 0 Å². The number of rotatable bonds is 1. The summed E-state index contributed by atoms with van der Waals surface area (Å²) >= 11 is 1.71. The van der Waals surface area contributed by atoms with E-state index in [0.29, 0.717) is 0 Å². The molecule has 4 rings (SSSR count). The lowest BCUT2D eigenvalue weighted by atomic mass is 10.1. The van der Waals surface area contributed by atoms with E-state index in [-0.39, 0.29) is 0 Å². The van der Waals surface area contributed by atoms with Gasteiger partial charge in [0.05, 0.1) is 10.2 Å². The van der Waals surface area contributed by atoms with Gasteiger partial charge in [0.2, 0.25) is 0 Å². The number of hydrogen-bond donors (Lipinski definition) is 1. The largest absolute Gasteiger partial charge is 0.399 e. The lowest BCUT2D eigenvalue weighted by Crippen LogP contribution is -1.83. The van der Waals surface area contributed by atoms with Crippen LogP contribution in [0.5, 0.6) is 0 Å². The van der Waals surface area contributed by atoms with Crippen molar-refractivity contribution >= 4 is 27.2 Å². The fraction of sp³-hybridized carbons (Fsp3) is 0. The van der Waals surface area contributed by atoms with Crippen molar-refractivity contribution in [1.82, 2.24) is 4.98 Å². The molecule has 0 aliphatic carbocycles. The van der Waals surface area contributed by atoms with Crippen LogP contribution in [0.3, 0.4) is 0 Å². The number of anilines is 1. The summed E-state index contributed by atoms with van der Waals surface area (Å²) in [6.45, 7) is 0. The summed E-state index contributed by atoms with van der Waals surface area (Å²) in [4.78, 5) is 4.69. The van der Waals surface area contributed by atoms with Crippen molar-refractivity contribution in [3.8, 4) is 22.4 Å². The first kappa shape index (κ1) is 14.5. The maximum atomic E-state index is 5.68. The van der Waals surface area contributed by atoms with Gasteiger partial charge >= 0.3 is 0 Å². The van der Waals surface area contributed by atoms with Gasteiger partial charge in [-0.05, 0) is 48.5 Å². The van der Waals surface area contributed by atoms with Crippen LogP contribution in [0.15, 0.2) is 72.8 Å². The van der Waals surface area contributed by atoms with Gasteiger partial charge in [0.15, 0.2) is 0 Å². The van der Waals surface area contributed by atoms with Crippen LogP contribution < -0.4 is 5.73 Å². The van der Waals surface area contributed by atoms with Gasteiger partial charge in [-0.1, -0.05) is 36.1 Å². The summed E-state index contributed by atoms with van der Waals surface area (Å²) in [5.74, 6) is 6.33. The van der Waals surface area contributed by atoms with Crippen LogP contribution in [-0.4, -0.2) is 4.98 Å². The van der Waals surface area contributed by atoms with Crippen molar-refractivity contribution in [3.63, 3.8) is 0 Å². The summed E-state index contributed by atoms with van der Waals surface area (Å²) < 4.78 is 1.21. The monoisotopic (exact) mass is 326 g/mol. The molecule has 0 aliphatic rings. The Kier molecular flexibility index (Phi) is 3.74. The van der Waals surface area contributed by atoms with Gasteiger partial charge < -0.3 is 5.73 Å². The number of fused-ring (bicyclic) bond motifs is 1. The molecule has 1 aromatic heterocycles. The summed E-state index contributed by atoms with van der Waals surface area (Å²) in [6, 6.07) is 24.0. The predicted octanol–water partition coefficient (Wildman–Crippen LogP) is 4.95. The topological polar surface area (TPSA) is 38.9 Å². The Morgan fingerprint density at radius 2 is 1.38 bits per heavy atom. The molecule has 0 unspecified atom stereocenters. The lowest BCUT2D eigenvalue weighted by molar-refractivity contribution is 1.47. The Bertz CT molecular complexity index is 1020. The molecule has 3 aromatic carbocycles. The number of para-hydroxylation sites is 1. The second kappa shape index (κ2) is 6.19.